The van der Waals surface area contributed by atoms with Crippen LogP contribution in [-0.2, 0) is 4.79 Å². The Morgan fingerprint density at radius 1 is 1.20 bits per heavy atom. The van der Waals surface area contributed by atoms with Crippen LogP contribution in [0.2, 0.25) is 0 Å². The summed E-state index contributed by atoms with van der Waals surface area (Å²) in [5, 5.41) is 8.59. The number of carbonyl (C=O) groups excluding carboxylic acids is 2. The average molecular weight is 300 g/mol. The van der Waals surface area contributed by atoms with Gasteiger partial charge >= 0.3 is 0 Å². The Morgan fingerprint density at radius 3 is 2.60 bits per heavy atom. The van der Waals surface area contributed by atoms with E-state index in [1.807, 2.05) is 7.05 Å². The van der Waals surface area contributed by atoms with Crippen molar-refractivity contribution in [1.29, 1.82) is 0 Å². The van der Waals surface area contributed by atoms with E-state index < -0.39 is 0 Å². The number of rotatable bonds is 7. The van der Waals surface area contributed by atoms with Gasteiger partial charge in [0.2, 0.25) is 5.91 Å². The van der Waals surface area contributed by atoms with E-state index in [1.54, 1.807) is 31.2 Å². The average Bonchev–Trinajstić information content (AvgIpc) is 2.43. The molecule has 0 atom stereocenters. The molecule has 0 spiro atoms. The first kappa shape index (κ1) is 18.4. The predicted molar refractivity (Wildman–Crippen MR) is 83.5 cm³/mol. The zero-order chi connectivity index (χ0) is 14.1. The molecule has 0 heterocycles. The van der Waals surface area contributed by atoms with Crippen LogP contribution in [0.25, 0.3) is 0 Å². The van der Waals surface area contributed by atoms with Crippen LogP contribution in [0.1, 0.15) is 30.1 Å². The van der Waals surface area contributed by atoms with Crippen LogP contribution in [0.15, 0.2) is 24.3 Å². The van der Waals surface area contributed by atoms with Crippen molar-refractivity contribution < 1.29 is 9.59 Å². The molecule has 0 aliphatic heterocycles. The molecule has 0 aromatic heterocycles. The molecule has 0 saturated heterocycles. The summed E-state index contributed by atoms with van der Waals surface area (Å²) in [7, 11) is 1.88. The van der Waals surface area contributed by atoms with Crippen LogP contribution in [0.4, 0.5) is 5.69 Å². The third kappa shape index (κ3) is 6.54. The van der Waals surface area contributed by atoms with E-state index in [0.29, 0.717) is 24.2 Å². The topological polar surface area (TPSA) is 70.2 Å². The molecule has 0 unspecified atom stereocenters. The molecule has 0 radical (unpaired) electrons. The molecule has 0 fully saturated rings. The summed E-state index contributed by atoms with van der Waals surface area (Å²) in [5.74, 6) is -0.185. The van der Waals surface area contributed by atoms with Crippen molar-refractivity contribution in [3.05, 3.63) is 29.8 Å². The fraction of sp³-hybridized carbons (Fsp3) is 0.429. The lowest BCUT2D eigenvalue weighted by Gasteiger charge is -2.07. The van der Waals surface area contributed by atoms with Crippen molar-refractivity contribution in [1.82, 2.24) is 10.6 Å². The molecule has 20 heavy (non-hydrogen) atoms. The smallest absolute Gasteiger partial charge is 0.251 e. The van der Waals surface area contributed by atoms with Gasteiger partial charge in [-0.3, -0.25) is 9.59 Å². The zero-order valence-corrected chi connectivity index (χ0v) is 12.7. The van der Waals surface area contributed by atoms with Crippen LogP contribution < -0.4 is 16.0 Å². The first-order chi connectivity index (χ1) is 9.17. The highest BCUT2D eigenvalue weighted by Crippen LogP contribution is 2.10. The maximum atomic E-state index is 11.9. The first-order valence-corrected chi connectivity index (χ1v) is 6.50. The number of hydrogen-bond acceptors (Lipinski definition) is 3. The second-order valence-corrected chi connectivity index (χ2v) is 4.20. The number of nitrogens with one attached hydrogen (secondary N) is 3. The Balaban J connectivity index is 0.00000361. The third-order valence-corrected chi connectivity index (χ3v) is 2.62. The largest absolute Gasteiger partial charge is 0.352 e. The highest BCUT2D eigenvalue weighted by Gasteiger charge is 2.06. The Labute approximate surface area is 125 Å². The van der Waals surface area contributed by atoms with E-state index in [4.69, 9.17) is 0 Å². The summed E-state index contributed by atoms with van der Waals surface area (Å²) in [4.78, 5) is 23.2. The van der Waals surface area contributed by atoms with Gasteiger partial charge in [0.1, 0.15) is 0 Å². The maximum Gasteiger partial charge on any atom is 0.251 e. The van der Waals surface area contributed by atoms with Crippen LogP contribution in [0, 0.1) is 0 Å². The van der Waals surface area contributed by atoms with Gasteiger partial charge < -0.3 is 16.0 Å². The lowest BCUT2D eigenvalue weighted by molar-refractivity contribution is -0.115. The van der Waals surface area contributed by atoms with Crippen molar-refractivity contribution in [2.45, 2.75) is 19.8 Å². The quantitative estimate of drug-likeness (QED) is 0.672. The van der Waals surface area contributed by atoms with Crippen LogP contribution in [0.5, 0.6) is 0 Å². The second kappa shape index (κ2) is 10.2. The summed E-state index contributed by atoms with van der Waals surface area (Å²) >= 11 is 0. The Hall–Kier alpha value is -1.59. The molecule has 0 aliphatic rings. The van der Waals surface area contributed by atoms with E-state index >= 15 is 0 Å². The Morgan fingerprint density at radius 2 is 1.95 bits per heavy atom. The molecule has 112 valence electrons. The fourth-order valence-corrected chi connectivity index (χ4v) is 1.56. The summed E-state index contributed by atoms with van der Waals surface area (Å²) in [6.07, 6.45) is 1.30. The monoisotopic (exact) mass is 299 g/mol. The van der Waals surface area contributed by atoms with Crippen molar-refractivity contribution in [2.75, 3.05) is 25.5 Å². The molecular weight excluding hydrogens is 278 g/mol. The fourth-order valence-electron chi connectivity index (χ4n) is 1.56. The lowest BCUT2D eigenvalue weighted by atomic mass is 10.2. The highest BCUT2D eigenvalue weighted by atomic mass is 35.5. The number of amides is 2. The molecule has 1 aromatic rings. The normalized spacial score (nSPS) is 9.50. The summed E-state index contributed by atoms with van der Waals surface area (Å²) in [5.41, 5.74) is 1.20. The van der Waals surface area contributed by atoms with E-state index in [-0.39, 0.29) is 24.2 Å². The van der Waals surface area contributed by atoms with Crippen molar-refractivity contribution in [3.63, 3.8) is 0 Å². The standard InChI is InChI=1S/C14H21N3O2.ClH/c1-3-13(18)17-12-7-4-6-11(10-12)14(19)16-9-5-8-15-2;/h4,6-7,10,15H,3,5,8-9H2,1-2H3,(H,16,19)(H,17,18);1H. The maximum absolute atomic E-state index is 11.9. The molecule has 0 saturated carbocycles. The molecule has 0 aliphatic carbocycles. The van der Waals surface area contributed by atoms with Gasteiger partial charge in [-0.05, 0) is 38.2 Å². The van der Waals surface area contributed by atoms with Gasteiger partial charge in [0.15, 0.2) is 0 Å². The van der Waals surface area contributed by atoms with Gasteiger partial charge in [-0.15, -0.1) is 12.4 Å². The third-order valence-electron chi connectivity index (χ3n) is 2.62. The molecule has 3 N–H and O–H groups in total. The lowest BCUT2D eigenvalue weighted by Crippen LogP contribution is -2.26. The van der Waals surface area contributed by atoms with Gasteiger partial charge in [-0.2, -0.15) is 0 Å². The first-order valence-electron chi connectivity index (χ1n) is 6.50. The van der Waals surface area contributed by atoms with Gasteiger partial charge in [0.05, 0.1) is 0 Å². The van der Waals surface area contributed by atoms with Gasteiger partial charge in [-0.25, -0.2) is 0 Å². The van der Waals surface area contributed by atoms with Crippen molar-refractivity contribution in [2.24, 2.45) is 0 Å². The van der Waals surface area contributed by atoms with Crippen molar-refractivity contribution in [3.8, 4) is 0 Å². The highest BCUT2D eigenvalue weighted by molar-refractivity contribution is 5.97. The minimum absolute atomic E-state index is 0. The summed E-state index contributed by atoms with van der Waals surface area (Å²) < 4.78 is 0. The van der Waals surface area contributed by atoms with E-state index in [9.17, 15) is 9.59 Å². The van der Waals surface area contributed by atoms with Crippen LogP contribution in [0.3, 0.4) is 0 Å². The number of hydrogen-bond donors (Lipinski definition) is 3. The Kier molecular flexibility index (Phi) is 9.41. The molecule has 6 heteroatoms. The van der Waals surface area contributed by atoms with Crippen molar-refractivity contribution >= 4 is 29.9 Å². The number of benzene rings is 1. The Bertz CT molecular complexity index is 438. The van der Waals surface area contributed by atoms with Gasteiger partial charge in [-0.1, -0.05) is 13.0 Å². The second-order valence-electron chi connectivity index (χ2n) is 4.20. The molecule has 1 rings (SSSR count). The number of halogens is 1. The van der Waals surface area contributed by atoms with E-state index in [0.717, 1.165) is 13.0 Å². The molecule has 0 bridgehead atoms. The van der Waals surface area contributed by atoms with Gasteiger partial charge in [0, 0.05) is 24.2 Å². The van der Waals surface area contributed by atoms with Crippen LogP contribution in [-0.4, -0.2) is 32.0 Å². The molecule has 5 nitrogen and oxygen atoms in total. The summed E-state index contributed by atoms with van der Waals surface area (Å²) in [6, 6.07) is 6.94. The number of anilines is 1. The SMILES string of the molecule is CCC(=O)Nc1cccc(C(=O)NCCCNC)c1.Cl. The predicted octanol–water partition coefficient (Wildman–Crippen LogP) is 1.80. The zero-order valence-electron chi connectivity index (χ0n) is 11.9. The van der Waals surface area contributed by atoms with E-state index in [1.165, 1.54) is 0 Å². The van der Waals surface area contributed by atoms with Gasteiger partial charge in [0.25, 0.3) is 5.91 Å². The molecule has 2 amide bonds. The minimum atomic E-state index is -0.122. The summed E-state index contributed by atoms with van der Waals surface area (Å²) in [6.45, 7) is 3.28. The number of carbonyl (C=O) groups is 2. The minimum Gasteiger partial charge on any atom is -0.352 e. The van der Waals surface area contributed by atoms with Crippen LogP contribution >= 0.6 is 12.4 Å². The molecule has 1 aromatic carbocycles. The van der Waals surface area contributed by atoms with E-state index in [2.05, 4.69) is 16.0 Å². The molecular formula is C14H22ClN3O2.